The number of nitrogens with one attached hydrogen (secondary N) is 1. The molecular weight excluding hydrogens is 348 g/mol. The van der Waals surface area contributed by atoms with E-state index in [1.807, 2.05) is 37.3 Å². The fraction of sp³-hybridized carbons (Fsp3) is 0.400. The van der Waals surface area contributed by atoms with Gasteiger partial charge in [-0.05, 0) is 43.5 Å². The van der Waals surface area contributed by atoms with Crippen LogP contribution in [-0.4, -0.2) is 32.9 Å². The predicted octanol–water partition coefficient (Wildman–Crippen LogP) is 3.79. The third kappa shape index (κ3) is 4.02. The quantitative estimate of drug-likeness (QED) is 0.836. The van der Waals surface area contributed by atoms with E-state index in [4.69, 9.17) is 4.74 Å². The lowest BCUT2D eigenvalue weighted by Crippen LogP contribution is -2.35. The van der Waals surface area contributed by atoms with Crippen LogP contribution in [0.3, 0.4) is 0 Å². The normalized spacial score (nSPS) is 15.6. The number of hydrogen-bond donors (Lipinski definition) is 1. The van der Waals surface area contributed by atoms with Crippen LogP contribution in [0.25, 0.3) is 0 Å². The molecule has 1 heterocycles. The predicted molar refractivity (Wildman–Crippen MR) is 104 cm³/mol. The van der Waals surface area contributed by atoms with E-state index in [1.165, 1.54) is 0 Å². The Bertz CT molecular complexity index is 859. The van der Waals surface area contributed by atoms with Gasteiger partial charge in [-0.3, -0.25) is 0 Å². The highest BCUT2D eigenvalue weighted by molar-refractivity contribution is 7.89. The SMILES string of the molecule is COc1ccccc1CNc1cc(S(=O)(=O)N2CCCCC2)ccc1C. The molecule has 1 N–H and O–H groups in total. The molecule has 0 radical (unpaired) electrons. The van der Waals surface area contributed by atoms with Gasteiger partial charge in [0.2, 0.25) is 10.0 Å². The van der Waals surface area contributed by atoms with Crippen molar-refractivity contribution in [2.45, 2.75) is 37.6 Å². The average Bonchev–Trinajstić information content (AvgIpc) is 2.68. The molecule has 6 heteroatoms. The lowest BCUT2D eigenvalue weighted by Gasteiger charge is -2.26. The van der Waals surface area contributed by atoms with Crippen LogP contribution >= 0.6 is 0 Å². The van der Waals surface area contributed by atoms with Crippen molar-refractivity contribution in [1.29, 1.82) is 0 Å². The molecule has 2 aromatic carbocycles. The summed E-state index contributed by atoms with van der Waals surface area (Å²) in [6.45, 7) is 3.76. The first-order valence-corrected chi connectivity index (χ1v) is 10.4. The third-order valence-electron chi connectivity index (χ3n) is 4.82. The zero-order valence-electron chi connectivity index (χ0n) is 15.4. The first kappa shape index (κ1) is 18.7. The van der Waals surface area contributed by atoms with Crippen molar-refractivity contribution in [2.24, 2.45) is 0 Å². The van der Waals surface area contributed by atoms with E-state index < -0.39 is 10.0 Å². The maximum Gasteiger partial charge on any atom is 0.243 e. The highest BCUT2D eigenvalue weighted by atomic mass is 32.2. The minimum atomic E-state index is -3.43. The number of methoxy groups -OCH3 is 1. The number of aryl methyl sites for hydroxylation is 1. The first-order valence-electron chi connectivity index (χ1n) is 8.99. The molecule has 0 saturated carbocycles. The van der Waals surface area contributed by atoms with E-state index in [-0.39, 0.29) is 0 Å². The van der Waals surface area contributed by atoms with Crippen LogP contribution in [-0.2, 0) is 16.6 Å². The summed E-state index contributed by atoms with van der Waals surface area (Å²) < 4.78 is 32.8. The molecule has 0 aromatic heterocycles. The second kappa shape index (κ2) is 8.10. The standard InChI is InChI=1S/C20H26N2O3S/c1-16-10-11-18(26(23,24)22-12-6-3-7-13-22)14-19(16)21-15-17-8-4-5-9-20(17)25-2/h4-5,8-11,14,21H,3,6-7,12-13,15H2,1-2H3. The molecule has 2 aromatic rings. The fourth-order valence-electron chi connectivity index (χ4n) is 3.25. The number of nitrogens with zero attached hydrogens (tertiary/aromatic N) is 1. The van der Waals surface area contributed by atoms with Gasteiger partial charge < -0.3 is 10.1 Å². The van der Waals surface area contributed by atoms with Crippen LogP contribution in [0.4, 0.5) is 5.69 Å². The fourth-order valence-corrected chi connectivity index (χ4v) is 4.79. The number of hydrogen-bond acceptors (Lipinski definition) is 4. The maximum atomic E-state index is 12.9. The number of rotatable bonds is 6. The van der Waals surface area contributed by atoms with Gasteiger partial charge in [-0.2, -0.15) is 4.31 Å². The number of sulfonamides is 1. The monoisotopic (exact) mass is 374 g/mol. The van der Waals surface area contributed by atoms with Gasteiger partial charge in [0.05, 0.1) is 12.0 Å². The van der Waals surface area contributed by atoms with Crippen molar-refractivity contribution in [2.75, 3.05) is 25.5 Å². The molecule has 0 bridgehead atoms. The number of ether oxygens (including phenoxy) is 1. The molecule has 26 heavy (non-hydrogen) atoms. The zero-order chi connectivity index (χ0) is 18.6. The van der Waals surface area contributed by atoms with Crippen LogP contribution in [0.15, 0.2) is 47.4 Å². The van der Waals surface area contributed by atoms with E-state index in [0.29, 0.717) is 24.5 Å². The summed E-state index contributed by atoms with van der Waals surface area (Å²) in [5, 5.41) is 3.36. The van der Waals surface area contributed by atoms with E-state index in [9.17, 15) is 8.42 Å². The Morgan fingerprint density at radius 2 is 1.81 bits per heavy atom. The van der Waals surface area contributed by atoms with E-state index in [1.54, 1.807) is 23.5 Å². The van der Waals surface area contributed by atoms with Gasteiger partial charge >= 0.3 is 0 Å². The van der Waals surface area contributed by atoms with Crippen molar-refractivity contribution >= 4 is 15.7 Å². The van der Waals surface area contributed by atoms with Crippen LogP contribution in [0.2, 0.25) is 0 Å². The molecule has 0 aliphatic carbocycles. The summed E-state index contributed by atoms with van der Waals surface area (Å²) in [4.78, 5) is 0.354. The van der Waals surface area contributed by atoms with E-state index >= 15 is 0 Å². The molecule has 0 amide bonds. The lowest BCUT2D eigenvalue weighted by molar-refractivity contribution is 0.346. The minimum Gasteiger partial charge on any atom is -0.496 e. The zero-order valence-corrected chi connectivity index (χ0v) is 16.2. The Kier molecular flexibility index (Phi) is 5.84. The van der Waals surface area contributed by atoms with Crippen LogP contribution in [0.1, 0.15) is 30.4 Å². The van der Waals surface area contributed by atoms with Gasteiger partial charge in [0.15, 0.2) is 0 Å². The Morgan fingerprint density at radius 3 is 2.54 bits per heavy atom. The van der Waals surface area contributed by atoms with Crippen LogP contribution in [0, 0.1) is 6.92 Å². The van der Waals surface area contributed by atoms with Gasteiger partial charge in [0.25, 0.3) is 0 Å². The second-order valence-corrected chi connectivity index (χ2v) is 8.54. The molecule has 0 atom stereocenters. The van der Waals surface area contributed by atoms with Crippen LogP contribution < -0.4 is 10.1 Å². The maximum absolute atomic E-state index is 12.9. The summed E-state index contributed by atoms with van der Waals surface area (Å²) in [5.41, 5.74) is 2.87. The number of benzene rings is 2. The Hall–Kier alpha value is -2.05. The molecule has 5 nitrogen and oxygen atoms in total. The molecule has 1 aliphatic rings. The molecule has 0 unspecified atom stereocenters. The second-order valence-electron chi connectivity index (χ2n) is 6.61. The van der Waals surface area contributed by atoms with Crippen molar-refractivity contribution in [3.05, 3.63) is 53.6 Å². The van der Waals surface area contributed by atoms with Gasteiger partial charge in [-0.15, -0.1) is 0 Å². The number of piperidine rings is 1. The van der Waals surface area contributed by atoms with E-state index in [0.717, 1.165) is 41.8 Å². The van der Waals surface area contributed by atoms with Gasteiger partial charge in [-0.1, -0.05) is 30.7 Å². The largest absolute Gasteiger partial charge is 0.496 e. The average molecular weight is 375 g/mol. The third-order valence-corrected chi connectivity index (χ3v) is 6.72. The highest BCUT2D eigenvalue weighted by Gasteiger charge is 2.26. The highest BCUT2D eigenvalue weighted by Crippen LogP contribution is 2.26. The molecule has 3 rings (SSSR count). The molecule has 140 valence electrons. The first-order chi connectivity index (χ1) is 12.5. The molecular formula is C20H26N2O3S. The molecule has 1 aliphatic heterocycles. The van der Waals surface area contributed by atoms with Crippen molar-refractivity contribution in [1.82, 2.24) is 4.31 Å². The van der Waals surface area contributed by atoms with Crippen molar-refractivity contribution < 1.29 is 13.2 Å². The van der Waals surface area contributed by atoms with Gasteiger partial charge in [0, 0.05) is 30.9 Å². The lowest BCUT2D eigenvalue weighted by atomic mass is 10.1. The summed E-state index contributed by atoms with van der Waals surface area (Å²) in [5.74, 6) is 0.815. The van der Waals surface area contributed by atoms with E-state index in [2.05, 4.69) is 5.32 Å². The topological polar surface area (TPSA) is 58.6 Å². The molecule has 1 fully saturated rings. The molecule has 1 saturated heterocycles. The summed E-state index contributed by atoms with van der Waals surface area (Å²) >= 11 is 0. The van der Waals surface area contributed by atoms with Crippen molar-refractivity contribution in [3.63, 3.8) is 0 Å². The Labute approximate surface area is 156 Å². The Balaban J connectivity index is 1.81. The summed E-state index contributed by atoms with van der Waals surface area (Å²) in [6.07, 6.45) is 2.97. The molecule has 0 spiro atoms. The van der Waals surface area contributed by atoms with Crippen LogP contribution in [0.5, 0.6) is 5.75 Å². The number of para-hydroxylation sites is 1. The van der Waals surface area contributed by atoms with Crippen molar-refractivity contribution in [3.8, 4) is 5.75 Å². The summed E-state index contributed by atoms with van der Waals surface area (Å²) in [6, 6.07) is 13.1. The Morgan fingerprint density at radius 1 is 1.08 bits per heavy atom. The summed E-state index contributed by atoms with van der Waals surface area (Å²) in [7, 11) is -1.78. The van der Waals surface area contributed by atoms with Gasteiger partial charge in [0.1, 0.15) is 5.75 Å². The smallest absolute Gasteiger partial charge is 0.243 e. The number of anilines is 1. The van der Waals surface area contributed by atoms with Gasteiger partial charge in [-0.25, -0.2) is 8.42 Å². The minimum absolute atomic E-state index is 0.354.